The Kier molecular flexibility index (Phi) is 3.98. The molecule has 0 unspecified atom stereocenters. The Balaban J connectivity index is 1.85. The van der Waals surface area contributed by atoms with Crippen molar-refractivity contribution < 1.29 is 14.3 Å². The fourth-order valence-corrected chi connectivity index (χ4v) is 3.47. The molecule has 2 aromatic heterocycles. The number of aromatic nitrogens is 2. The summed E-state index contributed by atoms with van der Waals surface area (Å²) in [7, 11) is 1.34. The number of rotatable bonds is 2. The van der Waals surface area contributed by atoms with Gasteiger partial charge in [0.15, 0.2) is 5.69 Å². The van der Waals surface area contributed by atoms with Gasteiger partial charge in [-0.25, -0.2) is 4.79 Å². The molecule has 0 fully saturated rings. The van der Waals surface area contributed by atoms with Gasteiger partial charge in [0.1, 0.15) is 0 Å². The van der Waals surface area contributed by atoms with Crippen LogP contribution in [0.25, 0.3) is 0 Å². The molecule has 3 rings (SSSR count). The van der Waals surface area contributed by atoms with E-state index < -0.39 is 5.97 Å². The molecule has 7 heteroatoms. The molecule has 22 heavy (non-hydrogen) atoms. The summed E-state index contributed by atoms with van der Waals surface area (Å²) in [4.78, 5) is 26.8. The van der Waals surface area contributed by atoms with Gasteiger partial charge in [0.05, 0.1) is 24.2 Å². The highest BCUT2D eigenvalue weighted by Crippen LogP contribution is 2.21. The van der Waals surface area contributed by atoms with Crippen molar-refractivity contribution >= 4 is 23.2 Å². The number of amides is 1. The Bertz CT molecular complexity index is 719. The number of esters is 1. The Morgan fingerprint density at radius 1 is 1.36 bits per heavy atom. The van der Waals surface area contributed by atoms with Crippen LogP contribution in [0.15, 0.2) is 17.5 Å². The number of thiophene rings is 1. The minimum absolute atomic E-state index is 0.0433. The predicted molar refractivity (Wildman–Crippen MR) is 82.0 cm³/mol. The van der Waals surface area contributed by atoms with Gasteiger partial charge in [-0.1, -0.05) is 0 Å². The van der Waals surface area contributed by atoms with Crippen molar-refractivity contribution in [3.8, 4) is 0 Å². The first-order valence-electron chi connectivity index (χ1n) is 7.08. The zero-order valence-electron chi connectivity index (χ0n) is 12.5. The summed E-state index contributed by atoms with van der Waals surface area (Å²) >= 11 is 1.47. The van der Waals surface area contributed by atoms with Crippen LogP contribution in [0.5, 0.6) is 0 Å². The molecule has 0 spiro atoms. The van der Waals surface area contributed by atoms with E-state index >= 15 is 0 Å². The molecule has 0 saturated carbocycles. The van der Waals surface area contributed by atoms with Gasteiger partial charge in [-0.15, -0.1) is 11.3 Å². The molecular weight excluding hydrogens is 302 g/mol. The van der Waals surface area contributed by atoms with Crippen LogP contribution in [-0.4, -0.2) is 40.2 Å². The second kappa shape index (κ2) is 5.92. The second-order valence-corrected chi connectivity index (χ2v) is 6.16. The maximum Gasteiger partial charge on any atom is 0.358 e. The van der Waals surface area contributed by atoms with Crippen LogP contribution in [-0.2, 0) is 17.8 Å². The molecule has 6 nitrogen and oxygen atoms in total. The molecule has 0 saturated heterocycles. The first kappa shape index (κ1) is 14.8. The van der Waals surface area contributed by atoms with E-state index in [0.29, 0.717) is 25.3 Å². The SMILES string of the molecule is COC(=O)c1cc2n(n1)CCCN(C(=O)c1sccc1C)C2. The van der Waals surface area contributed by atoms with Crippen LogP contribution >= 0.6 is 11.3 Å². The molecule has 1 amide bonds. The minimum atomic E-state index is -0.451. The number of nitrogens with zero attached hydrogens (tertiary/aromatic N) is 3. The molecule has 0 radical (unpaired) electrons. The van der Waals surface area contributed by atoms with Gasteiger partial charge in [0.2, 0.25) is 0 Å². The van der Waals surface area contributed by atoms with E-state index in [1.807, 2.05) is 23.3 Å². The smallest absolute Gasteiger partial charge is 0.358 e. The lowest BCUT2D eigenvalue weighted by Crippen LogP contribution is -2.30. The Hall–Kier alpha value is -2.15. The number of hydrogen-bond acceptors (Lipinski definition) is 5. The summed E-state index contributed by atoms with van der Waals surface area (Å²) in [6.07, 6.45) is 0.811. The van der Waals surface area contributed by atoms with Gasteiger partial charge in [0, 0.05) is 13.1 Å². The lowest BCUT2D eigenvalue weighted by molar-refractivity contribution is 0.0593. The van der Waals surface area contributed by atoms with E-state index in [1.54, 1.807) is 10.7 Å². The molecule has 1 aliphatic heterocycles. The Labute approximate surface area is 132 Å². The molecular formula is C15H17N3O3S. The average Bonchev–Trinajstić information content (AvgIpc) is 3.06. The van der Waals surface area contributed by atoms with Crippen LogP contribution in [0.1, 0.15) is 37.8 Å². The predicted octanol–water partition coefficient (Wildman–Crippen LogP) is 2.09. The molecule has 0 aliphatic carbocycles. The Morgan fingerprint density at radius 3 is 2.86 bits per heavy atom. The minimum Gasteiger partial charge on any atom is -0.464 e. The number of fused-ring (bicyclic) bond motifs is 1. The summed E-state index contributed by atoms with van der Waals surface area (Å²) in [5.41, 5.74) is 2.16. The number of aryl methyl sites for hydroxylation is 2. The maximum absolute atomic E-state index is 12.7. The van der Waals surface area contributed by atoms with Crippen molar-refractivity contribution in [1.29, 1.82) is 0 Å². The Morgan fingerprint density at radius 2 is 2.18 bits per heavy atom. The topological polar surface area (TPSA) is 64.4 Å². The number of carbonyl (C=O) groups excluding carboxylic acids is 2. The summed E-state index contributed by atoms with van der Waals surface area (Å²) in [5.74, 6) is -0.408. The van der Waals surface area contributed by atoms with Crippen LogP contribution < -0.4 is 0 Å². The molecule has 3 heterocycles. The van der Waals surface area contributed by atoms with Crippen LogP contribution in [0.3, 0.4) is 0 Å². The van der Waals surface area contributed by atoms with Crippen molar-refractivity contribution in [2.24, 2.45) is 0 Å². The lowest BCUT2D eigenvalue weighted by Gasteiger charge is -2.19. The summed E-state index contributed by atoms with van der Waals surface area (Å²) < 4.78 is 6.49. The largest absolute Gasteiger partial charge is 0.464 e. The third kappa shape index (κ3) is 2.64. The van der Waals surface area contributed by atoms with E-state index in [-0.39, 0.29) is 5.91 Å². The van der Waals surface area contributed by atoms with Gasteiger partial charge >= 0.3 is 5.97 Å². The quantitative estimate of drug-likeness (QED) is 0.795. The number of methoxy groups -OCH3 is 1. The van der Waals surface area contributed by atoms with Crippen molar-refractivity contribution in [2.75, 3.05) is 13.7 Å². The van der Waals surface area contributed by atoms with Crippen LogP contribution in [0.4, 0.5) is 0 Å². The first-order valence-corrected chi connectivity index (χ1v) is 7.96. The molecule has 0 aromatic carbocycles. The monoisotopic (exact) mass is 319 g/mol. The number of carbonyl (C=O) groups is 2. The zero-order chi connectivity index (χ0) is 15.7. The van der Waals surface area contributed by atoms with E-state index in [1.165, 1.54) is 18.4 Å². The summed E-state index contributed by atoms with van der Waals surface area (Å²) in [6, 6.07) is 3.66. The third-order valence-corrected chi connectivity index (χ3v) is 4.76. The fourth-order valence-electron chi connectivity index (χ4n) is 2.58. The normalized spacial score (nSPS) is 14.4. The molecule has 0 bridgehead atoms. The van der Waals surface area contributed by atoms with Crippen LogP contribution in [0.2, 0.25) is 0 Å². The van der Waals surface area contributed by atoms with Gasteiger partial charge < -0.3 is 9.64 Å². The molecule has 116 valence electrons. The third-order valence-electron chi connectivity index (χ3n) is 3.75. The van der Waals surface area contributed by atoms with Crippen molar-refractivity contribution in [3.05, 3.63) is 39.3 Å². The lowest BCUT2D eigenvalue weighted by atomic mass is 10.2. The van der Waals surface area contributed by atoms with Gasteiger partial charge in [0.25, 0.3) is 5.91 Å². The average molecular weight is 319 g/mol. The van der Waals surface area contributed by atoms with Crippen molar-refractivity contribution in [1.82, 2.24) is 14.7 Å². The van der Waals surface area contributed by atoms with Gasteiger partial charge in [-0.05, 0) is 36.4 Å². The molecule has 1 aliphatic rings. The highest BCUT2D eigenvalue weighted by atomic mass is 32.1. The first-order chi connectivity index (χ1) is 10.6. The zero-order valence-corrected chi connectivity index (χ0v) is 13.4. The van der Waals surface area contributed by atoms with E-state index in [0.717, 1.165) is 22.6 Å². The molecule has 0 atom stereocenters. The molecule has 2 aromatic rings. The summed E-state index contributed by atoms with van der Waals surface area (Å²) in [5, 5.41) is 6.19. The highest BCUT2D eigenvalue weighted by Gasteiger charge is 2.24. The number of ether oxygens (including phenoxy) is 1. The molecule has 0 N–H and O–H groups in total. The maximum atomic E-state index is 12.7. The summed E-state index contributed by atoms with van der Waals surface area (Å²) in [6.45, 7) is 3.79. The van der Waals surface area contributed by atoms with Gasteiger partial charge in [-0.2, -0.15) is 5.10 Å². The second-order valence-electron chi connectivity index (χ2n) is 5.25. The van der Waals surface area contributed by atoms with Gasteiger partial charge in [-0.3, -0.25) is 9.48 Å². The highest BCUT2D eigenvalue weighted by molar-refractivity contribution is 7.12. The fraction of sp³-hybridized carbons (Fsp3) is 0.400. The van der Waals surface area contributed by atoms with E-state index in [9.17, 15) is 9.59 Å². The van der Waals surface area contributed by atoms with Crippen molar-refractivity contribution in [2.45, 2.75) is 26.4 Å². The van der Waals surface area contributed by atoms with Crippen LogP contribution in [0, 0.1) is 6.92 Å². The standard InChI is InChI=1S/C15H17N3O3S/c1-10-4-7-22-13(10)14(19)17-5-3-6-18-11(9-17)8-12(16-18)15(20)21-2/h4,7-8H,3,5-6,9H2,1-2H3. The van der Waals surface area contributed by atoms with Crippen molar-refractivity contribution in [3.63, 3.8) is 0 Å². The number of hydrogen-bond donors (Lipinski definition) is 0. The van der Waals surface area contributed by atoms with E-state index in [2.05, 4.69) is 5.10 Å². The van der Waals surface area contributed by atoms with E-state index in [4.69, 9.17) is 4.74 Å².